The molecule has 0 heterocycles. The number of hydrogen-bond donors (Lipinski definition) is 1. The van der Waals surface area contributed by atoms with Crippen LogP contribution in [0.15, 0.2) is 24.3 Å². The van der Waals surface area contributed by atoms with Crippen molar-refractivity contribution in [3.63, 3.8) is 0 Å². The highest BCUT2D eigenvalue weighted by Gasteiger charge is 2.65. The second kappa shape index (κ2) is 5.60. The minimum absolute atomic E-state index is 0.0194. The van der Waals surface area contributed by atoms with Gasteiger partial charge in [0.05, 0.1) is 4.92 Å². The van der Waals surface area contributed by atoms with Crippen LogP contribution in [0, 0.1) is 39.7 Å². The number of alkyl halides is 2. The number of nitrogens with zero attached hydrogens (tertiary/aromatic N) is 1. The van der Waals surface area contributed by atoms with Crippen LogP contribution in [0.1, 0.15) is 25.7 Å². The molecule has 7 heteroatoms. The second-order valence-electron chi connectivity index (χ2n) is 7.19. The number of nitro groups is 1. The smallest absolute Gasteiger partial charge is 0.269 e. The average molecular weight is 369 g/mol. The SMILES string of the molecule is O=C(Nc1ccc([N+](=O)[O-])cc1)C1[C@H]2CC[C@@H]3[C@@H](CC[C@@H]12)C3(Cl)Cl. The molecule has 3 saturated carbocycles. The number of non-ortho nitro benzene ring substituents is 1. The first-order chi connectivity index (χ1) is 11.4. The molecule has 3 aliphatic rings. The van der Waals surface area contributed by atoms with Gasteiger partial charge in [-0.3, -0.25) is 14.9 Å². The summed E-state index contributed by atoms with van der Waals surface area (Å²) in [6, 6.07) is 5.95. The highest BCUT2D eigenvalue weighted by Crippen LogP contribution is 2.67. The van der Waals surface area contributed by atoms with Crippen molar-refractivity contribution >= 4 is 40.5 Å². The molecule has 1 unspecified atom stereocenters. The van der Waals surface area contributed by atoms with Crippen molar-refractivity contribution in [1.29, 1.82) is 0 Å². The molecule has 0 bridgehead atoms. The lowest BCUT2D eigenvalue weighted by Crippen LogP contribution is -2.15. The van der Waals surface area contributed by atoms with Crippen molar-refractivity contribution in [1.82, 2.24) is 0 Å². The van der Waals surface area contributed by atoms with E-state index < -0.39 is 9.26 Å². The van der Waals surface area contributed by atoms with Gasteiger partial charge < -0.3 is 5.32 Å². The number of rotatable bonds is 3. The topological polar surface area (TPSA) is 72.2 Å². The molecule has 1 amide bonds. The monoisotopic (exact) mass is 368 g/mol. The zero-order valence-corrected chi connectivity index (χ0v) is 14.5. The molecule has 3 fully saturated rings. The highest BCUT2D eigenvalue weighted by atomic mass is 35.5. The highest BCUT2D eigenvalue weighted by molar-refractivity contribution is 6.51. The lowest BCUT2D eigenvalue weighted by Gasteiger charge is -2.05. The number of nitro benzene ring substituents is 1. The first kappa shape index (κ1) is 16.2. The number of halogens is 2. The van der Waals surface area contributed by atoms with Crippen molar-refractivity contribution in [3.05, 3.63) is 34.4 Å². The zero-order valence-electron chi connectivity index (χ0n) is 13.0. The largest absolute Gasteiger partial charge is 0.326 e. The average Bonchev–Trinajstić information content (AvgIpc) is 3.32. The van der Waals surface area contributed by atoms with Gasteiger partial charge in [0.2, 0.25) is 5.91 Å². The summed E-state index contributed by atoms with van der Waals surface area (Å²) in [7, 11) is 0. The van der Waals surface area contributed by atoms with E-state index in [-0.39, 0.29) is 17.5 Å². The van der Waals surface area contributed by atoms with Gasteiger partial charge in [0, 0.05) is 23.7 Å². The predicted molar refractivity (Wildman–Crippen MR) is 92.1 cm³/mol. The Bertz CT molecular complexity index is 670. The standard InChI is InChI=1S/C17H18Cl2N2O3/c18-17(19)13-7-5-11-12(6-8-14(13)17)15(11)16(22)20-9-1-3-10(4-2-9)21(23)24/h1-4,11-15H,5-8H2,(H,20,22)/t11-,12+,13-,14-,15?/m1/s1. The van der Waals surface area contributed by atoms with Gasteiger partial charge in [-0.05, 0) is 61.5 Å². The van der Waals surface area contributed by atoms with Crippen LogP contribution >= 0.6 is 23.2 Å². The van der Waals surface area contributed by atoms with Crippen molar-refractivity contribution in [3.8, 4) is 0 Å². The van der Waals surface area contributed by atoms with Crippen molar-refractivity contribution in [2.75, 3.05) is 5.32 Å². The Balaban J connectivity index is 1.36. The van der Waals surface area contributed by atoms with Crippen molar-refractivity contribution in [2.24, 2.45) is 29.6 Å². The van der Waals surface area contributed by atoms with Gasteiger partial charge in [0.15, 0.2) is 0 Å². The van der Waals surface area contributed by atoms with Crippen LogP contribution in [-0.2, 0) is 4.79 Å². The third-order valence-corrected chi connectivity index (χ3v) is 7.09. The lowest BCUT2D eigenvalue weighted by molar-refractivity contribution is -0.384. The molecule has 1 aromatic carbocycles. The van der Waals surface area contributed by atoms with Crippen LogP contribution in [0.2, 0.25) is 0 Å². The van der Waals surface area contributed by atoms with E-state index in [9.17, 15) is 14.9 Å². The van der Waals surface area contributed by atoms with E-state index in [0.717, 1.165) is 25.7 Å². The Morgan fingerprint density at radius 1 is 1.08 bits per heavy atom. The molecule has 0 radical (unpaired) electrons. The van der Waals surface area contributed by atoms with Crippen LogP contribution in [0.5, 0.6) is 0 Å². The van der Waals surface area contributed by atoms with E-state index in [1.165, 1.54) is 12.1 Å². The first-order valence-corrected chi connectivity index (χ1v) is 9.08. The maximum absolute atomic E-state index is 12.5. The predicted octanol–water partition coefficient (Wildman–Crippen LogP) is 4.39. The summed E-state index contributed by atoms with van der Waals surface area (Å²) in [6.45, 7) is 0. The third kappa shape index (κ3) is 2.68. The molecule has 0 saturated heterocycles. The molecule has 3 aliphatic carbocycles. The lowest BCUT2D eigenvalue weighted by atomic mass is 10.0. The van der Waals surface area contributed by atoms with E-state index in [4.69, 9.17) is 23.2 Å². The molecule has 1 N–H and O–H groups in total. The van der Waals surface area contributed by atoms with Gasteiger partial charge in [0.1, 0.15) is 4.33 Å². The van der Waals surface area contributed by atoms with E-state index >= 15 is 0 Å². The third-order valence-electron chi connectivity index (χ3n) is 5.97. The van der Waals surface area contributed by atoms with Crippen molar-refractivity contribution < 1.29 is 9.72 Å². The van der Waals surface area contributed by atoms with E-state index in [1.54, 1.807) is 12.1 Å². The fourth-order valence-corrected chi connectivity index (χ4v) is 5.42. The minimum atomic E-state index is -0.534. The van der Waals surface area contributed by atoms with Gasteiger partial charge in [-0.25, -0.2) is 0 Å². The van der Waals surface area contributed by atoms with E-state index in [2.05, 4.69) is 5.32 Å². The van der Waals surface area contributed by atoms with Crippen LogP contribution < -0.4 is 5.32 Å². The maximum atomic E-state index is 12.5. The Labute approximate surface area is 149 Å². The van der Waals surface area contributed by atoms with Crippen LogP contribution in [0.25, 0.3) is 0 Å². The Morgan fingerprint density at radius 2 is 1.62 bits per heavy atom. The molecule has 1 aromatic rings. The summed E-state index contributed by atoms with van der Waals surface area (Å²) < 4.78 is -0.534. The number of carbonyl (C=O) groups excluding carboxylic acids is 1. The van der Waals surface area contributed by atoms with Gasteiger partial charge >= 0.3 is 0 Å². The molecule has 0 spiro atoms. The summed E-state index contributed by atoms with van der Waals surface area (Å²) >= 11 is 12.6. The number of hydrogen-bond acceptors (Lipinski definition) is 3. The van der Waals surface area contributed by atoms with Gasteiger partial charge in [-0.2, -0.15) is 0 Å². The number of benzene rings is 1. The van der Waals surface area contributed by atoms with Crippen LogP contribution in [0.3, 0.4) is 0 Å². The zero-order chi connectivity index (χ0) is 17.1. The Hall–Kier alpha value is -1.33. The molecule has 0 aliphatic heterocycles. The Kier molecular flexibility index (Phi) is 3.77. The molecule has 5 nitrogen and oxygen atoms in total. The molecular formula is C17H18Cl2N2O3. The number of fused-ring (bicyclic) bond motifs is 2. The molecular weight excluding hydrogens is 351 g/mol. The molecule has 24 heavy (non-hydrogen) atoms. The summed E-state index contributed by atoms with van der Waals surface area (Å²) in [6.07, 6.45) is 4.01. The fourth-order valence-electron chi connectivity index (χ4n) is 4.51. The number of amides is 1. The van der Waals surface area contributed by atoms with Crippen molar-refractivity contribution in [2.45, 2.75) is 30.0 Å². The van der Waals surface area contributed by atoms with Crippen LogP contribution in [-0.4, -0.2) is 15.2 Å². The summed E-state index contributed by atoms with van der Waals surface area (Å²) in [5.41, 5.74) is 0.624. The van der Waals surface area contributed by atoms with Gasteiger partial charge in [-0.15, -0.1) is 23.2 Å². The maximum Gasteiger partial charge on any atom is 0.269 e. The quantitative estimate of drug-likeness (QED) is 0.488. The van der Waals surface area contributed by atoms with E-state index in [0.29, 0.717) is 29.4 Å². The normalized spacial score (nSPS) is 35.7. The summed E-state index contributed by atoms with van der Waals surface area (Å²) in [5, 5.41) is 13.6. The van der Waals surface area contributed by atoms with Gasteiger partial charge in [-0.1, -0.05) is 0 Å². The van der Waals surface area contributed by atoms with Gasteiger partial charge in [0.25, 0.3) is 5.69 Å². The molecule has 128 valence electrons. The summed E-state index contributed by atoms with van der Waals surface area (Å²) in [4.78, 5) is 22.7. The first-order valence-electron chi connectivity index (χ1n) is 8.32. The number of nitrogens with one attached hydrogen (secondary N) is 1. The number of carbonyl (C=O) groups is 1. The minimum Gasteiger partial charge on any atom is -0.326 e. The summed E-state index contributed by atoms with van der Waals surface area (Å²) in [5.74, 6) is 1.71. The molecule has 4 rings (SSSR count). The number of anilines is 1. The molecule has 5 atom stereocenters. The Morgan fingerprint density at radius 3 is 2.12 bits per heavy atom. The second-order valence-corrected chi connectivity index (χ2v) is 8.63. The molecule has 0 aromatic heterocycles. The van der Waals surface area contributed by atoms with Crippen LogP contribution in [0.4, 0.5) is 11.4 Å². The van der Waals surface area contributed by atoms with E-state index in [1.807, 2.05) is 0 Å². The fraction of sp³-hybridized carbons (Fsp3) is 0.588.